The van der Waals surface area contributed by atoms with Crippen LogP contribution in [0, 0.1) is 11.8 Å². The van der Waals surface area contributed by atoms with Crippen molar-refractivity contribution in [3.63, 3.8) is 0 Å². The van der Waals surface area contributed by atoms with Crippen LogP contribution in [0.3, 0.4) is 0 Å². The molecule has 5 nitrogen and oxygen atoms in total. The minimum absolute atomic E-state index is 0.0581. The Morgan fingerprint density at radius 2 is 2.00 bits per heavy atom. The van der Waals surface area contributed by atoms with Gasteiger partial charge in [-0.05, 0) is 32.3 Å². The van der Waals surface area contributed by atoms with E-state index in [9.17, 15) is 9.59 Å². The van der Waals surface area contributed by atoms with Gasteiger partial charge in [0, 0.05) is 18.0 Å². The largest absolute Gasteiger partial charge is 0.494 e. The molecule has 0 saturated heterocycles. The topological polar surface area (TPSA) is 75.6 Å². The summed E-state index contributed by atoms with van der Waals surface area (Å²) in [4.78, 5) is 23.3. The number of carbonyl (C=O) groups excluding carboxylic acids is 1. The van der Waals surface area contributed by atoms with Crippen LogP contribution in [0.2, 0.25) is 0 Å². The van der Waals surface area contributed by atoms with Crippen LogP contribution in [0.4, 0.5) is 0 Å². The number of carboxylic acids is 1. The van der Waals surface area contributed by atoms with Crippen LogP contribution in [-0.4, -0.2) is 23.6 Å². The Bertz CT molecular complexity index is 529. The van der Waals surface area contributed by atoms with Gasteiger partial charge in [-0.2, -0.15) is 0 Å². The fourth-order valence-electron chi connectivity index (χ4n) is 2.93. The average molecular weight is 305 g/mol. The number of hydrogen-bond acceptors (Lipinski definition) is 3. The molecule has 1 saturated carbocycles. The zero-order chi connectivity index (χ0) is 15.9. The van der Waals surface area contributed by atoms with Crippen LogP contribution in [0.25, 0.3) is 0 Å². The third-order valence-electron chi connectivity index (χ3n) is 4.12. The van der Waals surface area contributed by atoms with Crippen molar-refractivity contribution in [1.82, 2.24) is 5.32 Å². The van der Waals surface area contributed by atoms with Crippen molar-refractivity contribution in [3.8, 4) is 5.75 Å². The first-order valence-corrected chi connectivity index (χ1v) is 7.83. The van der Waals surface area contributed by atoms with E-state index in [0.717, 1.165) is 24.2 Å². The molecule has 120 valence electrons. The van der Waals surface area contributed by atoms with Gasteiger partial charge in [-0.15, -0.1) is 0 Å². The molecule has 2 N–H and O–H groups in total. The number of amides is 1. The van der Waals surface area contributed by atoms with Gasteiger partial charge < -0.3 is 15.2 Å². The predicted octanol–water partition coefficient (Wildman–Crippen LogP) is 2.59. The van der Waals surface area contributed by atoms with E-state index in [-0.39, 0.29) is 17.7 Å². The number of para-hydroxylation sites is 1. The monoisotopic (exact) mass is 305 g/mol. The van der Waals surface area contributed by atoms with Gasteiger partial charge in [0.25, 0.3) is 0 Å². The second-order valence-corrected chi connectivity index (χ2v) is 5.66. The van der Waals surface area contributed by atoms with Crippen LogP contribution in [0.5, 0.6) is 5.75 Å². The SMILES string of the molecule is CCOc1ccccc1CNC(=O)C1CCCC(C(=O)O)C1. The summed E-state index contributed by atoms with van der Waals surface area (Å²) in [6, 6.07) is 7.61. The Labute approximate surface area is 130 Å². The minimum Gasteiger partial charge on any atom is -0.494 e. The van der Waals surface area contributed by atoms with Gasteiger partial charge in [-0.1, -0.05) is 24.6 Å². The summed E-state index contributed by atoms with van der Waals surface area (Å²) >= 11 is 0. The Morgan fingerprint density at radius 1 is 1.27 bits per heavy atom. The Morgan fingerprint density at radius 3 is 2.73 bits per heavy atom. The van der Waals surface area contributed by atoms with Gasteiger partial charge in [-0.3, -0.25) is 9.59 Å². The molecule has 1 fully saturated rings. The smallest absolute Gasteiger partial charge is 0.306 e. The summed E-state index contributed by atoms with van der Waals surface area (Å²) in [6.45, 7) is 2.90. The first-order chi connectivity index (χ1) is 10.6. The molecule has 0 aromatic heterocycles. The van der Waals surface area contributed by atoms with Crippen molar-refractivity contribution in [1.29, 1.82) is 0 Å². The van der Waals surface area contributed by atoms with Crippen LogP contribution in [-0.2, 0) is 16.1 Å². The Balaban J connectivity index is 1.91. The van der Waals surface area contributed by atoms with Gasteiger partial charge >= 0.3 is 5.97 Å². The molecule has 0 aliphatic heterocycles. The van der Waals surface area contributed by atoms with Crippen molar-refractivity contribution in [2.75, 3.05) is 6.61 Å². The highest BCUT2D eigenvalue weighted by atomic mass is 16.5. The molecule has 0 heterocycles. The van der Waals surface area contributed by atoms with E-state index in [4.69, 9.17) is 9.84 Å². The number of nitrogens with one attached hydrogen (secondary N) is 1. The molecule has 1 aliphatic rings. The molecule has 2 atom stereocenters. The molecule has 22 heavy (non-hydrogen) atoms. The lowest BCUT2D eigenvalue weighted by atomic mass is 9.81. The summed E-state index contributed by atoms with van der Waals surface area (Å²) < 4.78 is 5.53. The molecule has 0 spiro atoms. The van der Waals surface area contributed by atoms with Gasteiger partial charge in [0.2, 0.25) is 5.91 Å². The fourth-order valence-corrected chi connectivity index (χ4v) is 2.93. The van der Waals surface area contributed by atoms with Crippen LogP contribution in [0.1, 0.15) is 38.2 Å². The normalized spacial score (nSPS) is 21.1. The Hall–Kier alpha value is -2.04. The summed E-state index contributed by atoms with van der Waals surface area (Å²) in [5.41, 5.74) is 0.934. The number of carbonyl (C=O) groups is 2. The zero-order valence-corrected chi connectivity index (χ0v) is 12.9. The summed E-state index contributed by atoms with van der Waals surface area (Å²) in [7, 11) is 0. The highest BCUT2D eigenvalue weighted by molar-refractivity contribution is 5.80. The lowest BCUT2D eigenvalue weighted by molar-refractivity contribution is -0.144. The molecular weight excluding hydrogens is 282 g/mol. The average Bonchev–Trinajstić information content (AvgIpc) is 2.54. The molecule has 1 amide bonds. The van der Waals surface area contributed by atoms with Crippen LogP contribution in [0.15, 0.2) is 24.3 Å². The van der Waals surface area contributed by atoms with E-state index in [0.29, 0.717) is 26.0 Å². The second-order valence-electron chi connectivity index (χ2n) is 5.66. The van der Waals surface area contributed by atoms with Crippen molar-refractivity contribution in [2.24, 2.45) is 11.8 Å². The summed E-state index contributed by atoms with van der Waals surface area (Å²) in [5, 5.41) is 12.0. The first kappa shape index (κ1) is 16.3. The molecule has 1 aliphatic carbocycles. The highest BCUT2D eigenvalue weighted by Crippen LogP contribution is 2.29. The van der Waals surface area contributed by atoms with E-state index in [2.05, 4.69) is 5.32 Å². The van der Waals surface area contributed by atoms with Crippen molar-refractivity contribution in [3.05, 3.63) is 29.8 Å². The molecule has 1 aromatic rings. The molecule has 2 unspecified atom stereocenters. The maximum atomic E-state index is 12.3. The second kappa shape index (κ2) is 7.82. The van der Waals surface area contributed by atoms with Gasteiger partial charge in [-0.25, -0.2) is 0 Å². The van der Waals surface area contributed by atoms with Gasteiger partial charge in [0.1, 0.15) is 5.75 Å². The lowest BCUT2D eigenvalue weighted by Crippen LogP contribution is -2.35. The molecule has 5 heteroatoms. The molecule has 0 bridgehead atoms. The van der Waals surface area contributed by atoms with Crippen molar-refractivity contribution >= 4 is 11.9 Å². The number of rotatable bonds is 6. The van der Waals surface area contributed by atoms with Crippen molar-refractivity contribution in [2.45, 2.75) is 39.2 Å². The molecular formula is C17H23NO4. The van der Waals surface area contributed by atoms with Crippen LogP contribution >= 0.6 is 0 Å². The molecule has 0 radical (unpaired) electrons. The quantitative estimate of drug-likeness (QED) is 0.847. The summed E-state index contributed by atoms with van der Waals surface area (Å²) in [5.74, 6) is -0.664. The van der Waals surface area contributed by atoms with Crippen LogP contribution < -0.4 is 10.1 Å². The molecule has 2 rings (SSSR count). The first-order valence-electron chi connectivity index (χ1n) is 7.83. The highest BCUT2D eigenvalue weighted by Gasteiger charge is 2.30. The third-order valence-corrected chi connectivity index (χ3v) is 4.12. The number of aliphatic carboxylic acids is 1. The number of ether oxygens (including phenoxy) is 1. The fraction of sp³-hybridized carbons (Fsp3) is 0.529. The third kappa shape index (κ3) is 4.23. The summed E-state index contributed by atoms with van der Waals surface area (Å²) in [6.07, 6.45) is 2.67. The van der Waals surface area contributed by atoms with Crippen molar-refractivity contribution < 1.29 is 19.4 Å². The maximum Gasteiger partial charge on any atom is 0.306 e. The van der Waals surface area contributed by atoms with E-state index >= 15 is 0 Å². The zero-order valence-electron chi connectivity index (χ0n) is 12.9. The van der Waals surface area contributed by atoms with Gasteiger partial charge in [0.05, 0.1) is 12.5 Å². The van der Waals surface area contributed by atoms with E-state index in [1.165, 1.54) is 0 Å². The standard InChI is InChI=1S/C17H23NO4/c1-2-22-15-9-4-3-6-14(15)11-18-16(19)12-7-5-8-13(10-12)17(20)21/h3-4,6,9,12-13H,2,5,7-8,10-11H2,1H3,(H,18,19)(H,20,21). The maximum absolute atomic E-state index is 12.3. The van der Waals surface area contributed by atoms with Gasteiger partial charge in [0.15, 0.2) is 0 Å². The number of carboxylic acid groups (broad SMARTS) is 1. The minimum atomic E-state index is -0.792. The number of benzene rings is 1. The van der Waals surface area contributed by atoms with E-state index in [1.807, 2.05) is 31.2 Å². The lowest BCUT2D eigenvalue weighted by Gasteiger charge is -2.25. The Kier molecular flexibility index (Phi) is 5.81. The predicted molar refractivity (Wildman–Crippen MR) is 82.5 cm³/mol. The van der Waals surface area contributed by atoms with E-state index in [1.54, 1.807) is 0 Å². The van der Waals surface area contributed by atoms with E-state index < -0.39 is 5.97 Å². The molecule has 1 aromatic carbocycles. The number of hydrogen-bond donors (Lipinski definition) is 2.